The zero-order valence-electron chi connectivity index (χ0n) is 11.5. The van der Waals surface area contributed by atoms with Crippen molar-refractivity contribution in [2.75, 3.05) is 7.11 Å². The van der Waals surface area contributed by atoms with Crippen LogP contribution in [0.15, 0.2) is 18.2 Å². The molecule has 0 radical (unpaired) electrons. The summed E-state index contributed by atoms with van der Waals surface area (Å²) in [5.41, 5.74) is 0.925. The average Bonchev–Trinajstić information content (AvgIpc) is 3.00. The molecule has 106 valence electrons. The normalized spacial score (nSPS) is 26.0. The number of fused-ring (bicyclic) bond motifs is 1. The van der Waals surface area contributed by atoms with Gasteiger partial charge in [-0.3, -0.25) is 4.79 Å². The summed E-state index contributed by atoms with van der Waals surface area (Å²) < 4.78 is 6.28. The Kier molecular flexibility index (Phi) is 3.38. The Bertz CT molecular complexity index is 652. The van der Waals surface area contributed by atoms with E-state index >= 15 is 0 Å². The summed E-state index contributed by atoms with van der Waals surface area (Å²) in [5, 5.41) is 10.3. The van der Waals surface area contributed by atoms with E-state index in [1.54, 1.807) is 18.4 Å². The number of ether oxygens (including phenoxy) is 1. The van der Waals surface area contributed by atoms with Gasteiger partial charge in [0.25, 0.3) is 0 Å². The van der Waals surface area contributed by atoms with Crippen LogP contribution in [0.2, 0.25) is 0 Å². The summed E-state index contributed by atoms with van der Waals surface area (Å²) in [6.45, 7) is 2.12. The molecule has 4 nitrogen and oxygen atoms in total. The standard InChI is InChI=1S/C15H17NO3S/c1-8-5-10(11(6-8)15(17)18)14-16-12-4-3-9(19-2)7-13(12)20-14/h3-4,7-8,10-11H,5-6H2,1-2H3,(H,17,18). The molecule has 1 saturated carbocycles. The molecule has 1 fully saturated rings. The molecule has 1 aliphatic carbocycles. The van der Waals surface area contributed by atoms with Gasteiger partial charge in [-0.05, 0) is 37.0 Å². The minimum Gasteiger partial charge on any atom is -0.497 e. The average molecular weight is 291 g/mol. The third kappa shape index (κ3) is 2.26. The van der Waals surface area contributed by atoms with Crippen LogP contribution in [0.25, 0.3) is 10.2 Å². The van der Waals surface area contributed by atoms with Crippen LogP contribution in [0.3, 0.4) is 0 Å². The van der Waals surface area contributed by atoms with Crippen molar-refractivity contribution in [3.63, 3.8) is 0 Å². The van der Waals surface area contributed by atoms with Crippen LogP contribution in [0.1, 0.15) is 30.7 Å². The summed E-state index contributed by atoms with van der Waals surface area (Å²) in [6.07, 6.45) is 1.66. The number of carboxylic acids is 1. The van der Waals surface area contributed by atoms with Gasteiger partial charge in [-0.25, -0.2) is 4.98 Å². The molecule has 20 heavy (non-hydrogen) atoms. The van der Waals surface area contributed by atoms with E-state index in [0.29, 0.717) is 5.92 Å². The smallest absolute Gasteiger partial charge is 0.307 e. The summed E-state index contributed by atoms with van der Waals surface area (Å²) in [4.78, 5) is 16.0. The first-order chi connectivity index (χ1) is 9.58. The van der Waals surface area contributed by atoms with E-state index in [4.69, 9.17) is 4.74 Å². The highest BCUT2D eigenvalue weighted by Crippen LogP contribution is 2.45. The fourth-order valence-corrected chi connectivity index (χ4v) is 4.22. The fourth-order valence-electron chi connectivity index (χ4n) is 3.05. The van der Waals surface area contributed by atoms with E-state index in [2.05, 4.69) is 11.9 Å². The molecular weight excluding hydrogens is 274 g/mol. The number of carbonyl (C=O) groups is 1. The largest absolute Gasteiger partial charge is 0.497 e. The van der Waals surface area contributed by atoms with E-state index in [1.807, 2.05) is 18.2 Å². The van der Waals surface area contributed by atoms with E-state index in [1.165, 1.54) is 0 Å². The highest BCUT2D eigenvalue weighted by Gasteiger charge is 2.39. The number of methoxy groups -OCH3 is 1. The number of aromatic nitrogens is 1. The second-order valence-corrected chi connectivity index (χ2v) is 6.58. The lowest BCUT2D eigenvalue weighted by molar-refractivity contribution is -0.142. The van der Waals surface area contributed by atoms with E-state index in [-0.39, 0.29) is 11.8 Å². The summed E-state index contributed by atoms with van der Waals surface area (Å²) in [5.74, 6) is 0.305. The van der Waals surface area contributed by atoms with Gasteiger partial charge in [0.2, 0.25) is 0 Å². The van der Waals surface area contributed by atoms with Crippen molar-refractivity contribution in [1.29, 1.82) is 0 Å². The van der Waals surface area contributed by atoms with Gasteiger partial charge in [-0.2, -0.15) is 0 Å². The molecule has 0 bridgehead atoms. The van der Waals surface area contributed by atoms with Crippen LogP contribution >= 0.6 is 11.3 Å². The molecule has 0 spiro atoms. The van der Waals surface area contributed by atoms with Gasteiger partial charge in [-0.1, -0.05) is 6.92 Å². The van der Waals surface area contributed by atoms with Crippen LogP contribution < -0.4 is 4.74 Å². The van der Waals surface area contributed by atoms with Crippen LogP contribution in [0, 0.1) is 11.8 Å². The number of nitrogens with zero attached hydrogens (tertiary/aromatic N) is 1. The lowest BCUT2D eigenvalue weighted by Crippen LogP contribution is -2.16. The molecule has 3 atom stereocenters. The number of hydrogen-bond donors (Lipinski definition) is 1. The zero-order chi connectivity index (χ0) is 14.3. The van der Waals surface area contributed by atoms with Crippen molar-refractivity contribution < 1.29 is 14.6 Å². The van der Waals surface area contributed by atoms with Crippen LogP contribution in [-0.4, -0.2) is 23.2 Å². The number of benzene rings is 1. The lowest BCUT2D eigenvalue weighted by atomic mass is 9.97. The third-order valence-corrected chi connectivity index (χ3v) is 5.19. The van der Waals surface area contributed by atoms with E-state index in [9.17, 15) is 9.90 Å². The van der Waals surface area contributed by atoms with Crippen LogP contribution in [-0.2, 0) is 4.79 Å². The zero-order valence-corrected chi connectivity index (χ0v) is 12.3. The number of thiazole rings is 1. The molecule has 0 aliphatic heterocycles. The Hall–Kier alpha value is -1.62. The lowest BCUT2D eigenvalue weighted by Gasteiger charge is -2.11. The Morgan fingerprint density at radius 3 is 2.95 bits per heavy atom. The molecule has 1 aromatic carbocycles. The van der Waals surface area contributed by atoms with E-state index in [0.717, 1.165) is 33.8 Å². The molecule has 1 N–H and O–H groups in total. The molecule has 0 amide bonds. The topological polar surface area (TPSA) is 59.4 Å². The fraction of sp³-hybridized carbons (Fsp3) is 0.467. The molecular formula is C15H17NO3S. The van der Waals surface area contributed by atoms with Crippen LogP contribution in [0.4, 0.5) is 0 Å². The molecule has 1 aliphatic rings. The molecule has 2 aromatic rings. The highest BCUT2D eigenvalue weighted by molar-refractivity contribution is 7.18. The number of carboxylic acid groups (broad SMARTS) is 1. The Labute approximate surface area is 121 Å². The second-order valence-electron chi connectivity index (χ2n) is 5.51. The Balaban J connectivity index is 1.99. The minimum atomic E-state index is -0.698. The molecule has 1 aromatic heterocycles. The van der Waals surface area contributed by atoms with Gasteiger partial charge in [0.05, 0.1) is 28.3 Å². The highest BCUT2D eigenvalue weighted by atomic mass is 32.1. The second kappa shape index (κ2) is 5.05. The van der Waals surface area contributed by atoms with Gasteiger partial charge in [-0.15, -0.1) is 11.3 Å². The van der Waals surface area contributed by atoms with Crippen LogP contribution in [0.5, 0.6) is 5.75 Å². The first-order valence-corrected chi connectivity index (χ1v) is 7.57. The quantitative estimate of drug-likeness (QED) is 0.940. The van der Waals surface area contributed by atoms with Crippen molar-refractivity contribution >= 4 is 27.5 Å². The Morgan fingerprint density at radius 2 is 2.25 bits per heavy atom. The summed E-state index contributed by atoms with van der Waals surface area (Å²) in [6, 6.07) is 5.78. The van der Waals surface area contributed by atoms with Gasteiger partial charge < -0.3 is 9.84 Å². The van der Waals surface area contributed by atoms with Gasteiger partial charge in [0.1, 0.15) is 5.75 Å². The van der Waals surface area contributed by atoms with E-state index < -0.39 is 5.97 Å². The van der Waals surface area contributed by atoms with Crippen molar-refractivity contribution in [3.8, 4) is 5.75 Å². The molecule has 5 heteroatoms. The molecule has 1 heterocycles. The Morgan fingerprint density at radius 1 is 1.45 bits per heavy atom. The van der Waals surface area contributed by atoms with Crippen molar-refractivity contribution in [2.24, 2.45) is 11.8 Å². The summed E-state index contributed by atoms with van der Waals surface area (Å²) >= 11 is 1.59. The van der Waals surface area contributed by atoms with Gasteiger partial charge >= 0.3 is 5.97 Å². The molecule has 3 rings (SSSR count). The van der Waals surface area contributed by atoms with Crippen molar-refractivity contribution in [1.82, 2.24) is 4.98 Å². The SMILES string of the molecule is COc1ccc2nc(C3CC(C)CC3C(=O)O)sc2c1. The maximum absolute atomic E-state index is 11.4. The van der Waals surface area contributed by atoms with Crippen molar-refractivity contribution in [2.45, 2.75) is 25.7 Å². The first kappa shape index (κ1) is 13.4. The minimum absolute atomic E-state index is 0.0471. The third-order valence-electron chi connectivity index (χ3n) is 4.04. The van der Waals surface area contributed by atoms with Crippen molar-refractivity contribution in [3.05, 3.63) is 23.2 Å². The molecule has 0 saturated heterocycles. The maximum atomic E-state index is 11.4. The monoisotopic (exact) mass is 291 g/mol. The predicted molar refractivity (Wildman–Crippen MR) is 78.4 cm³/mol. The predicted octanol–water partition coefficient (Wildman–Crippen LogP) is 3.52. The van der Waals surface area contributed by atoms with Gasteiger partial charge in [0, 0.05) is 5.92 Å². The van der Waals surface area contributed by atoms with Gasteiger partial charge in [0.15, 0.2) is 0 Å². The first-order valence-electron chi connectivity index (χ1n) is 6.75. The number of rotatable bonds is 3. The number of hydrogen-bond acceptors (Lipinski definition) is 4. The maximum Gasteiger partial charge on any atom is 0.307 e. The molecule has 3 unspecified atom stereocenters. The number of aliphatic carboxylic acids is 1. The summed E-state index contributed by atoms with van der Waals surface area (Å²) in [7, 11) is 1.64.